The fourth-order valence-corrected chi connectivity index (χ4v) is 3.23. The SMILES string of the molecule is CC(=O)Nc1ccc(-c2cc(C(=O)O)nc3n[nH]c(-c4ccc(C)cc4)c23)cc1. The van der Waals surface area contributed by atoms with Gasteiger partial charge in [-0.1, -0.05) is 42.0 Å². The third-order valence-corrected chi connectivity index (χ3v) is 4.60. The highest BCUT2D eigenvalue weighted by Crippen LogP contribution is 2.35. The van der Waals surface area contributed by atoms with E-state index in [-0.39, 0.29) is 11.6 Å². The third-order valence-electron chi connectivity index (χ3n) is 4.60. The Labute approximate surface area is 166 Å². The van der Waals surface area contributed by atoms with Crippen molar-refractivity contribution in [3.05, 3.63) is 65.9 Å². The lowest BCUT2D eigenvalue weighted by atomic mass is 9.98. The van der Waals surface area contributed by atoms with Crippen LogP contribution in [0.4, 0.5) is 5.69 Å². The lowest BCUT2D eigenvalue weighted by molar-refractivity contribution is -0.114. The molecule has 29 heavy (non-hydrogen) atoms. The molecule has 7 nitrogen and oxygen atoms in total. The number of amides is 1. The van der Waals surface area contributed by atoms with E-state index in [0.29, 0.717) is 16.9 Å². The monoisotopic (exact) mass is 386 g/mol. The van der Waals surface area contributed by atoms with Crippen LogP contribution in [0, 0.1) is 6.92 Å². The summed E-state index contributed by atoms with van der Waals surface area (Å²) in [5, 5.41) is 20.2. The topological polar surface area (TPSA) is 108 Å². The summed E-state index contributed by atoms with van der Waals surface area (Å²) in [6.07, 6.45) is 0. The summed E-state index contributed by atoms with van der Waals surface area (Å²) >= 11 is 0. The second-order valence-corrected chi connectivity index (χ2v) is 6.78. The average molecular weight is 386 g/mol. The van der Waals surface area contributed by atoms with Gasteiger partial charge in [-0.3, -0.25) is 9.89 Å². The maximum atomic E-state index is 11.6. The number of nitrogens with one attached hydrogen (secondary N) is 2. The van der Waals surface area contributed by atoms with E-state index in [1.165, 1.54) is 6.92 Å². The molecular weight excluding hydrogens is 368 g/mol. The van der Waals surface area contributed by atoms with E-state index in [9.17, 15) is 14.7 Å². The third kappa shape index (κ3) is 3.58. The van der Waals surface area contributed by atoms with E-state index in [4.69, 9.17) is 0 Å². The summed E-state index contributed by atoms with van der Waals surface area (Å²) < 4.78 is 0. The number of fused-ring (bicyclic) bond motifs is 1. The summed E-state index contributed by atoms with van der Waals surface area (Å²) in [6, 6.07) is 16.7. The quantitative estimate of drug-likeness (QED) is 0.486. The number of hydrogen-bond donors (Lipinski definition) is 3. The zero-order valence-corrected chi connectivity index (χ0v) is 15.9. The second kappa shape index (κ2) is 7.20. The van der Waals surface area contributed by atoms with Crippen LogP contribution in [0.15, 0.2) is 54.6 Å². The lowest BCUT2D eigenvalue weighted by Crippen LogP contribution is -2.05. The van der Waals surface area contributed by atoms with Crippen molar-refractivity contribution in [2.75, 3.05) is 5.32 Å². The van der Waals surface area contributed by atoms with Crippen molar-refractivity contribution in [2.45, 2.75) is 13.8 Å². The molecule has 0 fully saturated rings. The number of anilines is 1. The predicted octanol–water partition coefficient (Wildman–Crippen LogP) is 4.26. The molecule has 0 saturated carbocycles. The maximum Gasteiger partial charge on any atom is 0.354 e. The normalized spacial score (nSPS) is 10.8. The Kier molecular flexibility index (Phi) is 4.56. The number of aromatic nitrogens is 3. The van der Waals surface area contributed by atoms with E-state index in [0.717, 1.165) is 27.8 Å². The number of carbonyl (C=O) groups is 2. The van der Waals surface area contributed by atoms with Crippen molar-refractivity contribution < 1.29 is 14.7 Å². The summed E-state index contributed by atoms with van der Waals surface area (Å²) in [6.45, 7) is 3.45. The molecule has 0 unspecified atom stereocenters. The minimum Gasteiger partial charge on any atom is -0.477 e. The highest BCUT2D eigenvalue weighted by molar-refractivity contribution is 6.05. The van der Waals surface area contributed by atoms with Gasteiger partial charge in [0.25, 0.3) is 0 Å². The molecule has 144 valence electrons. The van der Waals surface area contributed by atoms with Crippen molar-refractivity contribution in [3.63, 3.8) is 0 Å². The van der Waals surface area contributed by atoms with Gasteiger partial charge in [0.15, 0.2) is 11.3 Å². The number of aromatic amines is 1. The van der Waals surface area contributed by atoms with Gasteiger partial charge < -0.3 is 10.4 Å². The molecular formula is C22H18N4O3. The number of benzene rings is 2. The fourth-order valence-electron chi connectivity index (χ4n) is 3.23. The summed E-state index contributed by atoms with van der Waals surface area (Å²) in [5.41, 5.74) is 5.25. The highest BCUT2D eigenvalue weighted by Gasteiger charge is 2.18. The molecule has 4 rings (SSSR count). The number of rotatable bonds is 4. The number of nitrogens with zero attached hydrogens (tertiary/aromatic N) is 2. The van der Waals surface area contributed by atoms with Gasteiger partial charge in [-0.05, 0) is 36.2 Å². The molecule has 2 aromatic heterocycles. The van der Waals surface area contributed by atoms with E-state index >= 15 is 0 Å². The van der Waals surface area contributed by atoms with Crippen molar-refractivity contribution in [3.8, 4) is 22.4 Å². The molecule has 4 aromatic rings. The van der Waals surface area contributed by atoms with E-state index in [1.807, 2.05) is 43.3 Å². The van der Waals surface area contributed by atoms with Crippen LogP contribution in [0.3, 0.4) is 0 Å². The molecule has 0 aliphatic heterocycles. The first kappa shape index (κ1) is 18.4. The minimum atomic E-state index is -1.12. The van der Waals surface area contributed by atoms with Gasteiger partial charge in [-0.2, -0.15) is 5.10 Å². The molecule has 2 heterocycles. The number of hydrogen-bond acceptors (Lipinski definition) is 4. The molecule has 0 aliphatic rings. The molecule has 0 spiro atoms. The van der Waals surface area contributed by atoms with Crippen molar-refractivity contribution in [1.29, 1.82) is 0 Å². The van der Waals surface area contributed by atoms with Crippen LogP contribution < -0.4 is 5.32 Å². The summed E-state index contributed by atoms with van der Waals surface area (Å²) in [5.74, 6) is -1.28. The van der Waals surface area contributed by atoms with E-state index < -0.39 is 5.97 Å². The molecule has 1 amide bonds. The average Bonchev–Trinajstić information content (AvgIpc) is 3.12. The first-order chi connectivity index (χ1) is 13.9. The molecule has 3 N–H and O–H groups in total. The number of H-pyrrole nitrogens is 1. The number of pyridine rings is 1. The van der Waals surface area contributed by atoms with Crippen LogP contribution in [-0.2, 0) is 4.79 Å². The summed E-state index contributed by atoms with van der Waals surface area (Å²) in [4.78, 5) is 27.0. The Morgan fingerprint density at radius 2 is 1.66 bits per heavy atom. The zero-order valence-electron chi connectivity index (χ0n) is 15.9. The van der Waals surface area contributed by atoms with Gasteiger partial charge in [0, 0.05) is 18.2 Å². The van der Waals surface area contributed by atoms with Crippen LogP contribution >= 0.6 is 0 Å². The van der Waals surface area contributed by atoms with Crippen LogP contribution in [0.5, 0.6) is 0 Å². The van der Waals surface area contributed by atoms with Crippen molar-refractivity contribution in [1.82, 2.24) is 15.2 Å². The Morgan fingerprint density at radius 1 is 1.00 bits per heavy atom. The summed E-state index contributed by atoms with van der Waals surface area (Å²) in [7, 11) is 0. The molecule has 0 saturated heterocycles. The van der Waals surface area contributed by atoms with Gasteiger partial charge in [0.1, 0.15) is 0 Å². The van der Waals surface area contributed by atoms with Crippen LogP contribution in [-0.4, -0.2) is 32.2 Å². The molecule has 0 atom stereocenters. The van der Waals surface area contributed by atoms with Crippen molar-refractivity contribution >= 4 is 28.6 Å². The van der Waals surface area contributed by atoms with Crippen LogP contribution in [0.2, 0.25) is 0 Å². The Bertz CT molecular complexity index is 1230. The number of aryl methyl sites for hydroxylation is 1. The standard InChI is InChI=1S/C22H18N4O3/c1-12-3-5-15(6-4-12)20-19-17(11-18(22(28)29)24-21(19)26-25-20)14-7-9-16(10-8-14)23-13(2)27/h3-11H,1-2H3,(H,23,27)(H,28,29)(H,24,25,26). The zero-order chi connectivity index (χ0) is 20.5. The molecule has 2 aromatic carbocycles. The van der Waals surface area contributed by atoms with E-state index in [2.05, 4.69) is 20.5 Å². The molecule has 7 heteroatoms. The van der Waals surface area contributed by atoms with Crippen molar-refractivity contribution in [2.24, 2.45) is 0 Å². The number of carboxylic acid groups (broad SMARTS) is 1. The largest absolute Gasteiger partial charge is 0.477 e. The Morgan fingerprint density at radius 3 is 2.28 bits per heavy atom. The number of aromatic carboxylic acids is 1. The Balaban J connectivity index is 1.92. The van der Waals surface area contributed by atoms with Gasteiger partial charge in [0.2, 0.25) is 5.91 Å². The number of carbonyl (C=O) groups excluding carboxylic acids is 1. The predicted molar refractivity (Wildman–Crippen MR) is 111 cm³/mol. The van der Waals surface area contributed by atoms with Gasteiger partial charge in [0.05, 0.1) is 11.1 Å². The first-order valence-corrected chi connectivity index (χ1v) is 9.00. The van der Waals surface area contributed by atoms with Gasteiger partial charge >= 0.3 is 5.97 Å². The minimum absolute atomic E-state index is 0.0830. The van der Waals surface area contributed by atoms with Gasteiger partial charge in [-0.25, -0.2) is 9.78 Å². The maximum absolute atomic E-state index is 11.6. The molecule has 0 bridgehead atoms. The number of carboxylic acids is 1. The highest BCUT2D eigenvalue weighted by atomic mass is 16.4. The smallest absolute Gasteiger partial charge is 0.354 e. The fraction of sp³-hybridized carbons (Fsp3) is 0.0909. The first-order valence-electron chi connectivity index (χ1n) is 9.00. The van der Waals surface area contributed by atoms with Crippen LogP contribution in [0.1, 0.15) is 23.0 Å². The Hall–Kier alpha value is -4.00. The van der Waals surface area contributed by atoms with Gasteiger partial charge in [-0.15, -0.1) is 0 Å². The van der Waals surface area contributed by atoms with E-state index in [1.54, 1.807) is 18.2 Å². The molecule has 0 radical (unpaired) electrons. The second-order valence-electron chi connectivity index (χ2n) is 6.78. The molecule has 0 aliphatic carbocycles. The lowest BCUT2D eigenvalue weighted by Gasteiger charge is -2.09. The van der Waals surface area contributed by atoms with Crippen LogP contribution in [0.25, 0.3) is 33.4 Å².